The van der Waals surface area contributed by atoms with Crippen molar-refractivity contribution in [3.63, 3.8) is 0 Å². The summed E-state index contributed by atoms with van der Waals surface area (Å²) in [6.07, 6.45) is 1.75. The van der Waals surface area contributed by atoms with Crippen LogP contribution >= 0.6 is 11.3 Å². The van der Waals surface area contributed by atoms with Crippen LogP contribution < -0.4 is 4.80 Å². The number of rotatable bonds is 5. The molecule has 3 rings (SSSR count). The zero-order chi connectivity index (χ0) is 18.8. The number of aromatic nitrogens is 3. The number of methoxy groups -OCH3 is 1. The highest BCUT2D eigenvalue weighted by atomic mass is 32.1. The summed E-state index contributed by atoms with van der Waals surface area (Å²) >= 11 is 1.22. The second-order valence-electron chi connectivity index (χ2n) is 5.69. The molecule has 0 aliphatic rings. The summed E-state index contributed by atoms with van der Waals surface area (Å²) in [6, 6.07) is 4.58. The Hall–Kier alpha value is -2.85. The Kier molecular flexibility index (Phi) is 4.96. The number of ether oxygens (including phenoxy) is 1. The minimum atomic E-state index is -0.449. The third-order valence-corrected chi connectivity index (χ3v) is 4.85. The zero-order valence-corrected chi connectivity index (χ0v) is 15.3. The molecule has 1 aromatic carbocycles. The summed E-state index contributed by atoms with van der Waals surface area (Å²) in [5, 5.41) is 15.2. The molecular formula is C16H17N5O4S. The van der Waals surface area contributed by atoms with Crippen molar-refractivity contribution in [3.8, 4) is 0 Å². The van der Waals surface area contributed by atoms with E-state index in [9.17, 15) is 14.9 Å². The minimum absolute atomic E-state index is 0.00362. The number of carbonyl (C=O) groups excluding carboxylic acids is 1. The van der Waals surface area contributed by atoms with E-state index in [1.165, 1.54) is 23.5 Å². The van der Waals surface area contributed by atoms with Crippen molar-refractivity contribution >= 4 is 33.1 Å². The highest BCUT2D eigenvalue weighted by Crippen LogP contribution is 2.23. The lowest BCUT2D eigenvalue weighted by atomic mass is 10.3. The van der Waals surface area contributed by atoms with Crippen LogP contribution in [0.15, 0.2) is 29.4 Å². The number of hydrogen-bond donors (Lipinski definition) is 0. The lowest BCUT2D eigenvalue weighted by Crippen LogP contribution is -2.19. The van der Waals surface area contributed by atoms with Crippen LogP contribution in [0.2, 0.25) is 0 Å². The lowest BCUT2D eigenvalue weighted by molar-refractivity contribution is -0.384. The topological polar surface area (TPSA) is 105 Å². The van der Waals surface area contributed by atoms with Crippen LogP contribution in [-0.4, -0.2) is 38.9 Å². The third-order valence-electron chi connectivity index (χ3n) is 3.81. The largest absolute Gasteiger partial charge is 0.383 e. The highest BCUT2D eigenvalue weighted by molar-refractivity contribution is 7.16. The predicted molar refractivity (Wildman–Crippen MR) is 96.2 cm³/mol. The SMILES string of the molecule is COCCn1c(=NC(=O)c2nn(C)cc2C)sc2cc([N+](=O)[O-])ccc21. The molecule has 0 radical (unpaired) electrons. The fourth-order valence-electron chi connectivity index (χ4n) is 2.62. The molecule has 0 fully saturated rings. The van der Waals surface area contributed by atoms with Crippen LogP contribution in [0.25, 0.3) is 10.2 Å². The Morgan fingerprint density at radius 1 is 1.46 bits per heavy atom. The van der Waals surface area contributed by atoms with Gasteiger partial charge in [-0.05, 0) is 13.0 Å². The van der Waals surface area contributed by atoms with Gasteiger partial charge in [-0.1, -0.05) is 11.3 Å². The molecule has 3 aromatic rings. The maximum absolute atomic E-state index is 12.5. The lowest BCUT2D eigenvalue weighted by Gasteiger charge is -2.03. The molecule has 0 aliphatic carbocycles. The molecular weight excluding hydrogens is 358 g/mol. The van der Waals surface area contributed by atoms with Gasteiger partial charge in [-0.15, -0.1) is 0 Å². The quantitative estimate of drug-likeness (QED) is 0.501. The first kappa shape index (κ1) is 18.0. The van der Waals surface area contributed by atoms with Crippen molar-refractivity contribution in [2.75, 3.05) is 13.7 Å². The first-order valence-electron chi connectivity index (χ1n) is 7.76. The third kappa shape index (κ3) is 3.41. The molecule has 0 unspecified atom stereocenters. The van der Waals surface area contributed by atoms with Crippen molar-refractivity contribution in [1.82, 2.24) is 14.3 Å². The summed E-state index contributed by atoms with van der Waals surface area (Å²) in [5.41, 5.74) is 1.79. The predicted octanol–water partition coefficient (Wildman–Crippen LogP) is 2.04. The first-order valence-corrected chi connectivity index (χ1v) is 8.58. The van der Waals surface area contributed by atoms with E-state index in [1.807, 2.05) is 4.57 Å². The maximum Gasteiger partial charge on any atom is 0.300 e. The summed E-state index contributed by atoms with van der Waals surface area (Å²) in [7, 11) is 3.32. The molecule has 136 valence electrons. The Labute approximate surface area is 152 Å². The van der Waals surface area contributed by atoms with Gasteiger partial charge >= 0.3 is 0 Å². The normalized spacial score (nSPS) is 12.0. The van der Waals surface area contributed by atoms with E-state index in [0.717, 1.165) is 11.1 Å². The molecule has 0 saturated heterocycles. The first-order chi connectivity index (χ1) is 12.4. The molecule has 9 nitrogen and oxygen atoms in total. The van der Waals surface area contributed by atoms with Gasteiger partial charge in [-0.25, -0.2) is 0 Å². The van der Waals surface area contributed by atoms with E-state index in [-0.39, 0.29) is 11.4 Å². The average molecular weight is 375 g/mol. The van der Waals surface area contributed by atoms with Crippen LogP contribution in [0.4, 0.5) is 5.69 Å². The molecule has 2 heterocycles. The molecule has 10 heteroatoms. The summed E-state index contributed by atoms with van der Waals surface area (Å²) in [5.74, 6) is -0.449. The highest BCUT2D eigenvalue weighted by Gasteiger charge is 2.15. The van der Waals surface area contributed by atoms with E-state index >= 15 is 0 Å². The number of non-ortho nitro benzene ring substituents is 1. The maximum atomic E-state index is 12.5. The number of carbonyl (C=O) groups is 1. The Balaban J connectivity index is 2.14. The fraction of sp³-hybridized carbons (Fsp3) is 0.312. The number of hydrogen-bond acceptors (Lipinski definition) is 6. The van der Waals surface area contributed by atoms with Gasteiger partial charge in [-0.3, -0.25) is 19.6 Å². The van der Waals surface area contributed by atoms with Gasteiger partial charge in [-0.2, -0.15) is 10.1 Å². The smallest absolute Gasteiger partial charge is 0.300 e. The molecule has 0 saturated carbocycles. The Morgan fingerprint density at radius 2 is 2.23 bits per heavy atom. The van der Waals surface area contributed by atoms with Crippen molar-refractivity contribution in [2.45, 2.75) is 13.5 Å². The van der Waals surface area contributed by atoms with E-state index in [0.29, 0.717) is 22.7 Å². The number of nitro benzene ring substituents is 1. The van der Waals surface area contributed by atoms with Crippen LogP contribution in [0.1, 0.15) is 16.1 Å². The molecule has 0 N–H and O–H groups in total. The van der Waals surface area contributed by atoms with Crippen LogP contribution in [0, 0.1) is 17.0 Å². The van der Waals surface area contributed by atoms with Crippen molar-refractivity contribution in [3.05, 3.63) is 50.6 Å². The van der Waals surface area contributed by atoms with Crippen LogP contribution in [0.5, 0.6) is 0 Å². The number of nitrogens with zero attached hydrogens (tertiary/aromatic N) is 5. The van der Waals surface area contributed by atoms with Gasteiger partial charge in [0.1, 0.15) is 0 Å². The standard InChI is InChI=1S/C16H17N5O4S/c1-10-9-19(2)18-14(10)15(22)17-16-20(6-7-25-3)12-5-4-11(21(23)24)8-13(12)26-16/h4-5,8-9H,6-7H2,1-3H3. The van der Waals surface area contributed by atoms with Gasteiger partial charge in [0.15, 0.2) is 10.5 Å². The van der Waals surface area contributed by atoms with Crippen molar-refractivity contribution in [2.24, 2.45) is 12.0 Å². The van der Waals surface area contributed by atoms with Crippen LogP contribution in [-0.2, 0) is 18.3 Å². The number of amides is 1. The number of nitro groups is 1. The van der Waals surface area contributed by atoms with Crippen molar-refractivity contribution < 1.29 is 14.5 Å². The van der Waals surface area contributed by atoms with Crippen molar-refractivity contribution in [1.29, 1.82) is 0 Å². The number of aryl methyl sites for hydroxylation is 2. The molecule has 1 amide bonds. The number of fused-ring (bicyclic) bond motifs is 1. The van der Waals surface area contributed by atoms with E-state index < -0.39 is 10.8 Å². The Morgan fingerprint density at radius 3 is 2.85 bits per heavy atom. The average Bonchev–Trinajstić information content (AvgIpc) is 3.11. The molecule has 0 bridgehead atoms. The number of benzene rings is 1. The second kappa shape index (κ2) is 7.18. The van der Waals surface area contributed by atoms with Gasteiger partial charge in [0, 0.05) is 44.6 Å². The summed E-state index contributed by atoms with van der Waals surface area (Å²) < 4.78 is 9.19. The summed E-state index contributed by atoms with van der Waals surface area (Å²) in [4.78, 5) is 27.8. The van der Waals surface area contributed by atoms with Gasteiger partial charge in [0.05, 0.1) is 21.7 Å². The molecule has 0 spiro atoms. The van der Waals surface area contributed by atoms with Gasteiger partial charge in [0.25, 0.3) is 11.6 Å². The Bertz CT molecular complexity index is 1060. The van der Waals surface area contributed by atoms with E-state index in [2.05, 4.69) is 10.1 Å². The minimum Gasteiger partial charge on any atom is -0.383 e. The molecule has 0 atom stereocenters. The van der Waals surface area contributed by atoms with Crippen LogP contribution in [0.3, 0.4) is 0 Å². The second-order valence-corrected chi connectivity index (χ2v) is 6.70. The van der Waals surface area contributed by atoms with E-state index in [1.54, 1.807) is 38.0 Å². The summed E-state index contributed by atoms with van der Waals surface area (Å²) in [6.45, 7) is 2.69. The van der Waals surface area contributed by atoms with Gasteiger partial charge < -0.3 is 9.30 Å². The molecule has 2 aromatic heterocycles. The zero-order valence-electron chi connectivity index (χ0n) is 14.5. The molecule has 0 aliphatic heterocycles. The monoisotopic (exact) mass is 375 g/mol. The fourth-order valence-corrected chi connectivity index (χ4v) is 3.71. The van der Waals surface area contributed by atoms with E-state index in [4.69, 9.17) is 4.74 Å². The van der Waals surface area contributed by atoms with Gasteiger partial charge in [0.2, 0.25) is 0 Å². The number of thiazole rings is 1. The molecule has 26 heavy (non-hydrogen) atoms.